The summed E-state index contributed by atoms with van der Waals surface area (Å²) < 4.78 is 4.99. The van der Waals surface area contributed by atoms with Gasteiger partial charge in [0.05, 0.1) is 12.7 Å². The number of hydrogen-bond acceptors (Lipinski definition) is 3. The third-order valence-electron chi connectivity index (χ3n) is 3.16. The Kier molecular flexibility index (Phi) is 2.66. The van der Waals surface area contributed by atoms with Crippen LogP contribution in [0.1, 0.15) is 25.7 Å². The highest BCUT2D eigenvalue weighted by molar-refractivity contribution is 5.88. The predicted octanol–water partition coefficient (Wildman–Crippen LogP) is 0.928. The summed E-state index contributed by atoms with van der Waals surface area (Å²) in [6.07, 6.45) is 3.63. The molecule has 0 atom stereocenters. The largest absolute Gasteiger partial charge is 0.383 e. The van der Waals surface area contributed by atoms with E-state index in [0.717, 1.165) is 25.7 Å². The maximum atomic E-state index is 12.1. The number of amides is 1. The Labute approximate surface area is 89.8 Å². The van der Waals surface area contributed by atoms with Gasteiger partial charge < -0.3 is 9.64 Å². The van der Waals surface area contributed by atoms with Crippen molar-refractivity contribution in [2.45, 2.75) is 31.7 Å². The second-order valence-electron chi connectivity index (χ2n) is 4.42. The fourth-order valence-corrected chi connectivity index (χ4v) is 1.80. The lowest BCUT2D eigenvalue weighted by molar-refractivity contribution is -0.136. The molecule has 2 rings (SSSR count). The Morgan fingerprint density at radius 3 is 2.67 bits per heavy atom. The summed E-state index contributed by atoms with van der Waals surface area (Å²) in [6.45, 7) is 1.19. The summed E-state index contributed by atoms with van der Waals surface area (Å²) in [7, 11) is 1.63. The van der Waals surface area contributed by atoms with E-state index in [-0.39, 0.29) is 5.91 Å². The molecule has 0 N–H and O–H groups in total. The van der Waals surface area contributed by atoms with E-state index >= 15 is 0 Å². The average molecular weight is 208 g/mol. The van der Waals surface area contributed by atoms with Crippen LogP contribution in [0.15, 0.2) is 0 Å². The fraction of sp³-hybridized carbons (Fsp3) is 0.818. The zero-order valence-corrected chi connectivity index (χ0v) is 9.03. The van der Waals surface area contributed by atoms with Crippen molar-refractivity contribution in [2.75, 3.05) is 20.3 Å². The molecule has 0 radical (unpaired) electrons. The van der Waals surface area contributed by atoms with E-state index in [4.69, 9.17) is 10.00 Å². The number of methoxy groups -OCH3 is 1. The minimum absolute atomic E-state index is 0.0320. The van der Waals surface area contributed by atoms with Gasteiger partial charge >= 0.3 is 0 Å². The predicted molar refractivity (Wildman–Crippen MR) is 53.9 cm³/mol. The van der Waals surface area contributed by atoms with Crippen LogP contribution in [0.5, 0.6) is 0 Å². The first-order valence-corrected chi connectivity index (χ1v) is 5.45. The maximum absolute atomic E-state index is 12.1. The first-order valence-electron chi connectivity index (χ1n) is 5.45. The molecule has 0 heterocycles. The van der Waals surface area contributed by atoms with Crippen LogP contribution in [0.2, 0.25) is 0 Å². The topological polar surface area (TPSA) is 53.3 Å². The normalized spacial score (nSPS) is 21.9. The summed E-state index contributed by atoms with van der Waals surface area (Å²) in [5.41, 5.74) is -0.670. The second kappa shape index (κ2) is 3.82. The van der Waals surface area contributed by atoms with Gasteiger partial charge in [0.1, 0.15) is 5.41 Å². The molecule has 2 saturated carbocycles. The van der Waals surface area contributed by atoms with Crippen molar-refractivity contribution in [2.24, 2.45) is 5.41 Å². The van der Waals surface area contributed by atoms with Gasteiger partial charge in [0.2, 0.25) is 5.91 Å². The van der Waals surface area contributed by atoms with Gasteiger partial charge in [0.25, 0.3) is 0 Å². The van der Waals surface area contributed by atoms with Crippen molar-refractivity contribution < 1.29 is 9.53 Å². The highest BCUT2D eigenvalue weighted by Crippen LogP contribution is 2.47. The summed E-state index contributed by atoms with van der Waals surface area (Å²) in [5.74, 6) is 0.0320. The number of ether oxygens (including phenoxy) is 1. The van der Waals surface area contributed by atoms with E-state index in [1.54, 1.807) is 7.11 Å². The molecule has 0 spiro atoms. The quantitative estimate of drug-likeness (QED) is 0.675. The minimum atomic E-state index is -0.670. The third-order valence-corrected chi connectivity index (χ3v) is 3.16. The van der Waals surface area contributed by atoms with Crippen molar-refractivity contribution in [1.29, 1.82) is 5.26 Å². The number of rotatable bonds is 5. The molecule has 0 aliphatic heterocycles. The maximum Gasteiger partial charge on any atom is 0.243 e. The molecule has 82 valence electrons. The number of hydrogen-bond donors (Lipinski definition) is 0. The van der Waals surface area contributed by atoms with Crippen LogP contribution >= 0.6 is 0 Å². The van der Waals surface area contributed by atoms with Gasteiger partial charge in [-0.2, -0.15) is 5.26 Å². The first kappa shape index (κ1) is 10.4. The first-order chi connectivity index (χ1) is 7.23. The molecule has 15 heavy (non-hydrogen) atoms. The lowest BCUT2D eigenvalue weighted by Gasteiger charge is -2.24. The van der Waals surface area contributed by atoms with Gasteiger partial charge in [-0.15, -0.1) is 0 Å². The van der Waals surface area contributed by atoms with E-state index < -0.39 is 5.41 Å². The standard InChI is InChI=1S/C11H16N2O2/c1-15-7-6-13(9-2-3-9)10(14)11(8-12)4-5-11/h9H,2-7H2,1H3. The smallest absolute Gasteiger partial charge is 0.243 e. The van der Waals surface area contributed by atoms with Gasteiger partial charge in [-0.25, -0.2) is 0 Å². The summed E-state index contributed by atoms with van der Waals surface area (Å²) >= 11 is 0. The molecule has 0 aromatic heterocycles. The molecule has 0 bridgehead atoms. The molecule has 4 heteroatoms. The van der Waals surface area contributed by atoms with Crippen molar-refractivity contribution in [3.8, 4) is 6.07 Å². The number of carbonyl (C=O) groups excluding carboxylic acids is 1. The third kappa shape index (κ3) is 1.98. The lowest BCUT2D eigenvalue weighted by Crippen LogP contribution is -2.40. The van der Waals surface area contributed by atoms with Gasteiger partial charge in [-0.3, -0.25) is 4.79 Å². The fourth-order valence-electron chi connectivity index (χ4n) is 1.80. The van der Waals surface area contributed by atoms with Crippen LogP contribution in [0.3, 0.4) is 0 Å². The number of nitrogens with zero attached hydrogens (tertiary/aromatic N) is 2. The molecule has 2 aliphatic rings. The van der Waals surface area contributed by atoms with Gasteiger partial charge in [0.15, 0.2) is 0 Å². The van der Waals surface area contributed by atoms with Crippen molar-refractivity contribution >= 4 is 5.91 Å². The van der Waals surface area contributed by atoms with Crippen LogP contribution in [-0.2, 0) is 9.53 Å². The zero-order chi connectivity index (χ0) is 10.9. The van der Waals surface area contributed by atoms with E-state index in [9.17, 15) is 4.79 Å². The Hall–Kier alpha value is -1.08. The molecule has 2 fully saturated rings. The molecule has 0 saturated heterocycles. The Bertz CT molecular complexity index is 300. The molecule has 4 nitrogen and oxygen atoms in total. The highest BCUT2D eigenvalue weighted by Gasteiger charge is 2.54. The molecular formula is C11H16N2O2. The number of nitriles is 1. The van der Waals surface area contributed by atoms with E-state index in [1.165, 1.54) is 0 Å². The van der Waals surface area contributed by atoms with E-state index in [2.05, 4.69) is 6.07 Å². The van der Waals surface area contributed by atoms with Crippen LogP contribution in [0.25, 0.3) is 0 Å². The Morgan fingerprint density at radius 1 is 1.60 bits per heavy atom. The lowest BCUT2D eigenvalue weighted by atomic mass is 10.1. The Morgan fingerprint density at radius 2 is 2.27 bits per heavy atom. The van der Waals surface area contributed by atoms with Gasteiger partial charge in [-0.1, -0.05) is 0 Å². The van der Waals surface area contributed by atoms with Gasteiger partial charge in [-0.05, 0) is 25.7 Å². The van der Waals surface area contributed by atoms with Crippen LogP contribution in [-0.4, -0.2) is 37.1 Å². The monoisotopic (exact) mass is 208 g/mol. The zero-order valence-electron chi connectivity index (χ0n) is 9.03. The van der Waals surface area contributed by atoms with Crippen molar-refractivity contribution in [3.63, 3.8) is 0 Å². The second-order valence-corrected chi connectivity index (χ2v) is 4.42. The molecule has 2 aliphatic carbocycles. The molecule has 0 aromatic carbocycles. The van der Waals surface area contributed by atoms with Gasteiger partial charge in [0, 0.05) is 19.7 Å². The summed E-state index contributed by atoms with van der Waals surface area (Å²) in [5, 5.41) is 8.97. The van der Waals surface area contributed by atoms with E-state index in [1.807, 2.05) is 4.90 Å². The molecule has 0 unspecified atom stereocenters. The average Bonchev–Trinajstić information content (AvgIpc) is 3.12. The summed E-state index contributed by atoms with van der Waals surface area (Å²) in [6, 6.07) is 2.53. The van der Waals surface area contributed by atoms with Crippen molar-refractivity contribution in [3.05, 3.63) is 0 Å². The SMILES string of the molecule is COCCN(C(=O)C1(C#N)CC1)C1CC1. The minimum Gasteiger partial charge on any atom is -0.383 e. The molecule has 0 aromatic rings. The highest BCUT2D eigenvalue weighted by atomic mass is 16.5. The molecular weight excluding hydrogens is 192 g/mol. The van der Waals surface area contributed by atoms with E-state index in [0.29, 0.717) is 19.2 Å². The Balaban J connectivity index is 1.98. The van der Waals surface area contributed by atoms with Crippen LogP contribution < -0.4 is 0 Å². The van der Waals surface area contributed by atoms with Crippen molar-refractivity contribution in [1.82, 2.24) is 4.90 Å². The number of carbonyl (C=O) groups is 1. The molecule has 1 amide bonds. The van der Waals surface area contributed by atoms with Crippen LogP contribution in [0, 0.1) is 16.7 Å². The summed E-state index contributed by atoms with van der Waals surface area (Å²) in [4.78, 5) is 13.9. The van der Waals surface area contributed by atoms with Crippen LogP contribution in [0.4, 0.5) is 0 Å².